The highest BCUT2D eigenvalue weighted by Gasteiger charge is 2.27. The number of benzene rings is 3. The summed E-state index contributed by atoms with van der Waals surface area (Å²) in [7, 11) is 0. The number of amides is 1. The minimum atomic E-state index is -0.386. The van der Waals surface area contributed by atoms with Crippen molar-refractivity contribution in [2.45, 2.75) is 45.4 Å². The van der Waals surface area contributed by atoms with Crippen molar-refractivity contribution < 1.29 is 14.0 Å². The Hall–Kier alpha value is -3.86. The Bertz CT molecular complexity index is 1430. The molecule has 3 aromatic carbocycles. The zero-order valence-corrected chi connectivity index (χ0v) is 21.1. The lowest BCUT2D eigenvalue weighted by atomic mass is 9.91. The van der Waals surface area contributed by atoms with E-state index in [2.05, 4.69) is 17.2 Å². The highest BCUT2D eigenvalue weighted by atomic mass is 19.1. The highest BCUT2D eigenvalue weighted by molar-refractivity contribution is 6.02. The third kappa shape index (κ3) is 5.77. The summed E-state index contributed by atoms with van der Waals surface area (Å²) in [5.74, 6) is 0.0522. The summed E-state index contributed by atoms with van der Waals surface area (Å²) in [5, 5.41) is 3.69. The van der Waals surface area contributed by atoms with Gasteiger partial charge in [-0.1, -0.05) is 55.8 Å². The summed E-state index contributed by atoms with van der Waals surface area (Å²) in [4.78, 5) is 30.1. The van der Waals surface area contributed by atoms with Gasteiger partial charge in [0.15, 0.2) is 5.78 Å². The van der Waals surface area contributed by atoms with E-state index in [1.165, 1.54) is 6.07 Å². The first kappa shape index (κ1) is 24.8. The number of Topliss-reactive ketones (excluding diaryl/α,β-unsaturated/α-hetero) is 1. The van der Waals surface area contributed by atoms with Crippen LogP contribution >= 0.6 is 0 Å². The van der Waals surface area contributed by atoms with Gasteiger partial charge in [0.25, 0.3) is 5.91 Å². The molecule has 0 radical (unpaired) electrons. The zero-order chi connectivity index (χ0) is 25.8. The molecule has 5 heteroatoms. The summed E-state index contributed by atoms with van der Waals surface area (Å²) in [6.07, 6.45) is 6.85. The maximum atomic E-state index is 15.3. The number of unbranched alkanes of at least 4 members (excludes halogenated alkanes) is 1. The van der Waals surface area contributed by atoms with Gasteiger partial charge in [-0.3, -0.25) is 14.6 Å². The van der Waals surface area contributed by atoms with Crippen LogP contribution in [0.2, 0.25) is 0 Å². The first-order valence-electron chi connectivity index (χ1n) is 13.1. The third-order valence-electron chi connectivity index (χ3n) is 7.04. The van der Waals surface area contributed by atoms with Crippen molar-refractivity contribution in [2.24, 2.45) is 5.92 Å². The molecular formula is C32H31FN2O2. The van der Waals surface area contributed by atoms with Crippen molar-refractivity contribution in [1.29, 1.82) is 0 Å². The number of hydrogen-bond donors (Lipinski definition) is 1. The van der Waals surface area contributed by atoms with Crippen molar-refractivity contribution in [3.8, 4) is 11.1 Å². The second kappa shape index (κ2) is 11.0. The Morgan fingerprint density at radius 2 is 1.78 bits per heavy atom. The lowest BCUT2D eigenvalue weighted by Crippen LogP contribution is -2.24. The van der Waals surface area contributed by atoms with Gasteiger partial charge >= 0.3 is 0 Å². The minimum Gasteiger partial charge on any atom is -0.352 e. The van der Waals surface area contributed by atoms with Crippen LogP contribution in [0.4, 0.5) is 4.39 Å². The van der Waals surface area contributed by atoms with E-state index in [0.29, 0.717) is 53.1 Å². The second-order valence-electron chi connectivity index (χ2n) is 9.92. The SMILES string of the molecule is CCCCNC(=O)c1ccc(-c2cc3c(Cc4ccccc4)c(C(=O)CC4CC4)cnc3cc2F)cc1. The van der Waals surface area contributed by atoms with Gasteiger partial charge in [0.05, 0.1) is 5.52 Å². The molecule has 1 aromatic heterocycles. The third-order valence-corrected chi connectivity index (χ3v) is 7.04. The Morgan fingerprint density at radius 1 is 1.03 bits per heavy atom. The normalized spacial score (nSPS) is 13.0. The molecule has 0 unspecified atom stereocenters. The number of aromatic nitrogens is 1. The molecule has 1 aliphatic carbocycles. The number of carbonyl (C=O) groups is 2. The van der Waals surface area contributed by atoms with E-state index in [-0.39, 0.29) is 17.5 Å². The van der Waals surface area contributed by atoms with E-state index < -0.39 is 0 Å². The molecule has 1 aliphatic rings. The molecule has 1 saturated carbocycles. The van der Waals surface area contributed by atoms with Crippen LogP contribution in [0.3, 0.4) is 0 Å². The molecule has 0 atom stereocenters. The molecular weight excluding hydrogens is 463 g/mol. The summed E-state index contributed by atoms with van der Waals surface area (Å²) in [6.45, 7) is 2.71. The Labute approximate surface area is 216 Å². The largest absolute Gasteiger partial charge is 0.352 e. The van der Waals surface area contributed by atoms with Crippen LogP contribution < -0.4 is 5.32 Å². The summed E-state index contributed by atoms with van der Waals surface area (Å²) < 4.78 is 15.3. The quantitative estimate of drug-likeness (QED) is 0.188. The molecule has 4 nitrogen and oxygen atoms in total. The highest BCUT2D eigenvalue weighted by Crippen LogP contribution is 2.36. The van der Waals surface area contributed by atoms with E-state index in [1.807, 2.05) is 30.3 Å². The van der Waals surface area contributed by atoms with E-state index in [0.717, 1.165) is 42.2 Å². The monoisotopic (exact) mass is 494 g/mol. The maximum absolute atomic E-state index is 15.3. The number of pyridine rings is 1. The van der Waals surface area contributed by atoms with Crippen molar-refractivity contribution in [3.63, 3.8) is 0 Å². The number of fused-ring (bicyclic) bond motifs is 1. The number of rotatable bonds is 10. The van der Waals surface area contributed by atoms with Gasteiger partial charge < -0.3 is 5.32 Å². The number of carbonyl (C=O) groups excluding carboxylic acids is 2. The first-order valence-corrected chi connectivity index (χ1v) is 13.1. The topological polar surface area (TPSA) is 59.1 Å². The Balaban J connectivity index is 1.54. The first-order chi connectivity index (χ1) is 18.0. The predicted molar refractivity (Wildman–Crippen MR) is 145 cm³/mol. The molecule has 1 N–H and O–H groups in total. The summed E-state index contributed by atoms with van der Waals surface area (Å²) in [6, 6.07) is 20.2. The number of halogens is 1. The molecule has 0 bridgehead atoms. The summed E-state index contributed by atoms with van der Waals surface area (Å²) in [5.41, 5.74) is 4.76. The fraction of sp³-hybridized carbons (Fsp3) is 0.281. The van der Waals surface area contributed by atoms with Gasteiger partial charge in [0, 0.05) is 47.3 Å². The van der Waals surface area contributed by atoms with Gasteiger partial charge in [-0.2, -0.15) is 0 Å². The fourth-order valence-electron chi connectivity index (χ4n) is 4.70. The molecule has 5 rings (SSSR count). The molecule has 0 spiro atoms. The Kier molecular flexibility index (Phi) is 7.40. The molecule has 37 heavy (non-hydrogen) atoms. The molecule has 1 fully saturated rings. The zero-order valence-electron chi connectivity index (χ0n) is 21.1. The number of ketones is 1. The van der Waals surface area contributed by atoms with E-state index in [9.17, 15) is 9.59 Å². The number of nitrogens with zero attached hydrogens (tertiary/aromatic N) is 1. The number of hydrogen-bond acceptors (Lipinski definition) is 3. The standard InChI is InChI=1S/C32H31FN2O2/c1-2-3-15-34-32(37)24-13-11-23(12-14-24)25-18-27-26(16-21-7-5-4-6-8-21)28(31(36)17-22-9-10-22)20-35-30(27)19-29(25)33/h4-8,11-14,18-20,22H,2-3,9-10,15-17H2,1H3,(H,34,37). The summed E-state index contributed by atoms with van der Waals surface area (Å²) >= 11 is 0. The van der Waals surface area contributed by atoms with Gasteiger partial charge in [-0.05, 0) is 66.5 Å². The van der Waals surface area contributed by atoms with Crippen LogP contribution in [-0.4, -0.2) is 23.2 Å². The van der Waals surface area contributed by atoms with Gasteiger partial charge in [0.2, 0.25) is 0 Å². The number of nitrogens with one attached hydrogen (secondary N) is 1. The lowest BCUT2D eigenvalue weighted by molar-refractivity contribution is 0.0950. The molecule has 188 valence electrons. The molecule has 1 heterocycles. The molecule has 1 amide bonds. The lowest BCUT2D eigenvalue weighted by Gasteiger charge is -2.14. The van der Waals surface area contributed by atoms with E-state index in [1.54, 1.807) is 36.5 Å². The van der Waals surface area contributed by atoms with Crippen molar-refractivity contribution in [3.05, 3.63) is 101 Å². The second-order valence-corrected chi connectivity index (χ2v) is 9.92. The van der Waals surface area contributed by atoms with Crippen molar-refractivity contribution in [2.75, 3.05) is 6.54 Å². The van der Waals surface area contributed by atoms with Crippen LogP contribution in [0.25, 0.3) is 22.0 Å². The van der Waals surface area contributed by atoms with Crippen LogP contribution in [0, 0.1) is 11.7 Å². The maximum Gasteiger partial charge on any atom is 0.251 e. The van der Waals surface area contributed by atoms with Crippen molar-refractivity contribution in [1.82, 2.24) is 10.3 Å². The molecule has 0 saturated heterocycles. The average Bonchev–Trinajstić information content (AvgIpc) is 3.73. The van der Waals surface area contributed by atoms with Crippen LogP contribution in [-0.2, 0) is 6.42 Å². The predicted octanol–water partition coefficient (Wildman–Crippen LogP) is 7.14. The van der Waals surface area contributed by atoms with E-state index >= 15 is 4.39 Å². The fourth-order valence-corrected chi connectivity index (χ4v) is 4.70. The minimum absolute atomic E-state index is 0.104. The van der Waals surface area contributed by atoms with Crippen LogP contribution in [0.5, 0.6) is 0 Å². The van der Waals surface area contributed by atoms with Gasteiger partial charge in [-0.25, -0.2) is 4.39 Å². The van der Waals surface area contributed by atoms with Gasteiger partial charge in [0.1, 0.15) is 5.82 Å². The van der Waals surface area contributed by atoms with Crippen molar-refractivity contribution >= 4 is 22.6 Å². The molecule has 0 aliphatic heterocycles. The average molecular weight is 495 g/mol. The Morgan fingerprint density at radius 3 is 2.49 bits per heavy atom. The van der Waals surface area contributed by atoms with Crippen LogP contribution in [0.15, 0.2) is 72.9 Å². The van der Waals surface area contributed by atoms with Gasteiger partial charge in [-0.15, -0.1) is 0 Å². The van der Waals surface area contributed by atoms with E-state index in [4.69, 9.17) is 0 Å². The smallest absolute Gasteiger partial charge is 0.251 e. The molecule has 4 aromatic rings. The van der Waals surface area contributed by atoms with Crippen LogP contribution in [0.1, 0.15) is 70.9 Å².